The summed E-state index contributed by atoms with van der Waals surface area (Å²) in [5.74, 6) is 0. The van der Waals surface area contributed by atoms with Crippen LogP contribution in [0, 0.1) is 0 Å². The van der Waals surface area contributed by atoms with E-state index >= 15 is 0 Å². The molecule has 0 aromatic carbocycles. The summed E-state index contributed by atoms with van der Waals surface area (Å²) in [6.07, 6.45) is 8.08. The van der Waals surface area contributed by atoms with Gasteiger partial charge in [-0.05, 0) is 31.8 Å². The van der Waals surface area contributed by atoms with E-state index in [9.17, 15) is 0 Å². The van der Waals surface area contributed by atoms with Crippen LogP contribution in [0.5, 0.6) is 0 Å². The van der Waals surface area contributed by atoms with Crippen molar-refractivity contribution in [3.05, 3.63) is 23.3 Å². The van der Waals surface area contributed by atoms with Gasteiger partial charge in [0.1, 0.15) is 0 Å². The lowest BCUT2D eigenvalue weighted by molar-refractivity contribution is 1.05. The lowest BCUT2D eigenvalue weighted by Gasteiger charge is -2.03. The predicted octanol–water partition coefficient (Wildman–Crippen LogP) is 4.09. The maximum Gasteiger partial charge on any atom is -0.0308 e. The molecule has 0 atom stereocenters. The van der Waals surface area contributed by atoms with Gasteiger partial charge in [-0.3, -0.25) is 0 Å². The molecule has 0 fully saturated rings. The van der Waals surface area contributed by atoms with Gasteiger partial charge < -0.3 is 0 Å². The molecule has 0 aliphatic rings. The van der Waals surface area contributed by atoms with Gasteiger partial charge in [-0.2, -0.15) is 0 Å². The molecular weight excluding hydrogens is 132 g/mol. The molecule has 0 N–H and O–H groups in total. The van der Waals surface area contributed by atoms with E-state index in [-0.39, 0.29) is 0 Å². The van der Waals surface area contributed by atoms with Crippen LogP contribution in [0.1, 0.15) is 47.0 Å². The number of rotatable bonds is 4. The SMILES string of the molecule is CCC=C(C)C(=CCC)CC. The first-order valence-electron chi connectivity index (χ1n) is 4.62. The van der Waals surface area contributed by atoms with Crippen molar-refractivity contribution >= 4 is 0 Å². The van der Waals surface area contributed by atoms with Crippen LogP contribution in [0.25, 0.3) is 0 Å². The Morgan fingerprint density at radius 2 is 1.55 bits per heavy atom. The van der Waals surface area contributed by atoms with Gasteiger partial charge >= 0.3 is 0 Å². The van der Waals surface area contributed by atoms with Crippen LogP contribution < -0.4 is 0 Å². The molecule has 64 valence electrons. The van der Waals surface area contributed by atoms with E-state index in [1.807, 2.05) is 0 Å². The zero-order chi connectivity index (χ0) is 8.69. The van der Waals surface area contributed by atoms with Crippen molar-refractivity contribution < 1.29 is 0 Å². The maximum absolute atomic E-state index is 2.32. The van der Waals surface area contributed by atoms with E-state index < -0.39 is 0 Å². The fourth-order valence-corrected chi connectivity index (χ4v) is 1.27. The van der Waals surface area contributed by atoms with Crippen molar-refractivity contribution in [3.8, 4) is 0 Å². The Bertz CT molecular complexity index is 149. The van der Waals surface area contributed by atoms with Crippen LogP contribution in [0.15, 0.2) is 23.3 Å². The van der Waals surface area contributed by atoms with Gasteiger partial charge in [-0.15, -0.1) is 0 Å². The van der Waals surface area contributed by atoms with Gasteiger partial charge in [-0.1, -0.05) is 38.5 Å². The molecule has 0 saturated carbocycles. The molecule has 0 saturated heterocycles. The topological polar surface area (TPSA) is 0 Å². The van der Waals surface area contributed by atoms with Crippen molar-refractivity contribution in [2.24, 2.45) is 0 Å². The highest BCUT2D eigenvalue weighted by Gasteiger charge is 1.93. The van der Waals surface area contributed by atoms with E-state index in [1.165, 1.54) is 11.1 Å². The number of hydrogen-bond acceptors (Lipinski definition) is 0. The second-order valence-electron chi connectivity index (χ2n) is 2.79. The van der Waals surface area contributed by atoms with Crippen LogP contribution in [0.2, 0.25) is 0 Å². The molecule has 0 bridgehead atoms. The Kier molecular flexibility index (Phi) is 5.91. The first-order chi connectivity index (χ1) is 5.26. The Morgan fingerprint density at radius 1 is 1.00 bits per heavy atom. The molecule has 0 aliphatic carbocycles. The molecular formula is C11H20. The average molecular weight is 152 g/mol. The summed E-state index contributed by atoms with van der Waals surface area (Å²) in [7, 11) is 0. The molecule has 0 amide bonds. The van der Waals surface area contributed by atoms with Crippen LogP contribution >= 0.6 is 0 Å². The molecule has 0 rings (SSSR count). The second kappa shape index (κ2) is 6.21. The lowest BCUT2D eigenvalue weighted by atomic mass is 10.0. The standard InChI is InChI=1S/C11H20/c1-5-8-10(4)11(7-3)9-6-2/h8-9H,5-7H2,1-4H3. The zero-order valence-corrected chi connectivity index (χ0v) is 8.28. The van der Waals surface area contributed by atoms with Gasteiger partial charge in [0, 0.05) is 0 Å². The first kappa shape index (κ1) is 10.5. The molecule has 11 heavy (non-hydrogen) atoms. The fourth-order valence-electron chi connectivity index (χ4n) is 1.27. The Balaban J connectivity index is 4.25. The quantitative estimate of drug-likeness (QED) is 0.532. The minimum absolute atomic E-state index is 1.15. The third-order valence-electron chi connectivity index (χ3n) is 1.85. The van der Waals surface area contributed by atoms with E-state index in [1.54, 1.807) is 0 Å². The summed E-state index contributed by atoms with van der Waals surface area (Å²) in [4.78, 5) is 0. The summed E-state index contributed by atoms with van der Waals surface area (Å²) in [6, 6.07) is 0. The predicted molar refractivity (Wildman–Crippen MR) is 52.7 cm³/mol. The largest absolute Gasteiger partial charge is 0.0816 e. The van der Waals surface area contributed by atoms with Gasteiger partial charge in [0.25, 0.3) is 0 Å². The highest BCUT2D eigenvalue weighted by molar-refractivity contribution is 5.28. The summed E-state index contributed by atoms with van der Waals surface area (Å²) in [5, 5.41) is 0. The average Bonchev–Trinajstić information content (AvgIpc) is 2.00. The normalized spacial score (nSPS) is 13.8. The van der Waals surface area contributed by atoms with Crippen molar-refractivity contribution in [1.82, 2.24) is 0 Å². The molecule has 0 heterocycles. The van der Waals surface area contributed by atoms with Crippen LogP contribution in [-0.4, -0.2) is 0 Å². The minimum Gasteiger partial charge on any atom is -0.0816 e. The summed E-state index contributed by atoms with van der Waals surface area (Å²) in [5.41, 5.74) is 2.96. The van der Waals surface area contributed by atoms with Crippen molar-refractivity contribution in [1.29, 1.82) is 0 Å². The highest BCUT2D eigenvalue weighted by Crippen LogP contribution is 2.14. The van der Waals surface area contributed by atoms with Gasteiger partial charge in [0.2, 0.25) is 0 Å². The zero-order valence-electron chi connectivity index (χ0n) is 8.28. The van der Waals surface area contributed by atoms with Crippen LogP contribution in [0.4, 0.5) is 0 Å². The molecule has 0 unspecified atom stereocenters. The number of allylic oxidation sites excluding steroid dienone is 4. The molecule has 0 heteroatoms. The minimum atomic E-state index is 1.15. The summed E-state index contributed by atoms with van der Waals surface area (Å²) in [6.45, 7) is 8.79. The van der Waals surface area contributed by atoms with E-state index in [0.29, 0.717) is 0 Å². The Hall–Kier alpha value is -0.520. The van der Waals surface area contributed by atoms with Crippen LogP contribution in [-0.2, 0) is 0 Å². The third-order valence-corrected chi connectivity index (χ3v) is 1.85. The smallest absolute Gasteiger partial charge is 0.0308 e. The van der Waals surface area contributed by atoms with Crippen molar-refractivity contribution in [2.75, 3.05) is 0 Å². The molecule has 0 radical (unpaired) electrons. The Morgan fingerprint density at radius 3 is 1.91 bits per heavy atom. The molecule has 0 aromatic heterocycles. The highest BCUT2D eigenvalue weighted by atomic mass is 14.0. The second-order valence-corrected chi connectivity index (χ2v) is 2.79. The number of hydrogen-bond donors (Lipinski definition) is 0. The summed E-state index contributed by atoms with van der Waals surface area (Å²) >= 11 is 0. The third kappa shape index (κ3) is 4.02. The van der Waals surface area contributed by atoms with E-state index in [0.717, 1.165) is 19.3 Å². The van der Waals surface area contributed by atoms with E-state index in [4.69, 9.17) is 0 Å². The van der Waals surface area contributed by atoms with Crippen LogP contribution in [0.3, 0.4) is 0 Å². The van der Waals surface area contributed by atoms with Crippen molar-refractivity contribution in [2.45, 2.75) is 47.0 Å². The summed E-state index contributed by atoms with van der Waals surface area (Å²) < 4.78 is 0. The maximum atomic E-state index is 2.32. The van der Waals surface area contributed by atoms with Gasteiger partial charge in [0.15, 0.2) is 0 Å². The molecule has 0 spiro atoms. The molecule has 0 aliphatic heterocycles. The fraction of sp³-hybridized carbons (Fsp3) is 0.636. The molecule has 0 nitrogen and oxygen atoms in total. The van der Waals surface area contributed by atoms with Gasteiger partial charge in [-0.25, -0.2) is 0 Å². The lowest BCUT2D eigenvalue weighted by Crippen LogP contribution is -1.83. The Labute approximate surface area is 71.0 Å². The first-order valence-corrected chi connectivity index (χ1v) is 4.62. The monoisotopic (exact) mass is 152 g/mol. The molecule has 0 aromatic rings. The van der Waals surface area contributed by atoms with Crippen molar-refractivity contribution in [3.63, 3.8) is 0 Å². The van der Waals surface area contributed by atoms with Gasteiger partial charge in [0.05, 0.1) is 0 Å². The van der Waals surface area contributed by atoms with E-state index in [2.05, 4.69) is 39.8 Å².